The average molecular weight is 126 g/mol. The first-order valence-corrected chi connectivity index (χ1v) is 2.14. The minimum absolute atomic E-state index is 0.708. The molecule has 0 fully saturated rings. The van der Waals surface area contributed by atoms with E-state index >= 15 is 0 Å². The van der Waals surface area contributed by atoms with Crippen molar-refractivity contribution in [2.75, 3.05) is 0 Å². The summed E-state index contributed by atoms with van der Waals surface area (Å²) in [4.78, 5) is 14.9. The summed E-state index contributed by atoms with van der Waals surface area (Å²) in [6, 6.07) is -0.186. The van der Waals surface area contributed by atoms with E-state index < -0.39 is 17.4 Å². The number of hydrogen-bond donors (Lipinski definition) is 1. The first-order chi connectivity index (χ1) is 4.18. The maximum Gasteiger partial charge on any atom is 0.249 e. The van der Waals surface area contributed by atoms with E-state index in [1.54, 1.807) is 4.98 Å². The van der Waals surface area contributed by atoms with E-state index in [2.05, 4.69) is 4.98 Å². The van der Waals surface area contributed by atoms with Gasteiger partial charge in [-0.05, 0) is 5.88 Å². The van der Waals surface area contributed by atoms with Crippen LogP contribution >= 0.6 is 0 Å². The smallest absolute Gasteiger partial charge is 0.249 e. The molecule has 0 aliphatic carbocycles. The second-order valence-corrected chi connectivity index (χ2v) is 1.39. The highest BCUT2D eigenvalue weighted by Gasteiger charge is 1.80. The molecule has 0 atom stereocenters. The number of aromatic nitrogens is 2. The zero-order valence-electron chi connectivity index (χ0n) is 4.25. The number of nitrogens with one attached hydrogen (secondary N) is 1. The molecule has 0 unspecified atom stereocenters. The predicted molar refractivity (Wildman–Crippen MR) is 23.7 cm³/mol. The maximum atomic E-state index is 10.2. The normalized spacial score (nSPS) is 9.33. The number of hydrogen-bond acceptors (Lipinski definition) is 4. The molecule has 1 N–H and O–H groups in total. The first-order valence-electron chi connectivity index (χ1n) is 2.14. The molecule has 0 aromatic carbocycles. The maximum absolute atomic E-state index is 10.2. The zero-order valence-corrected chi connectivity index (χ0v) is 4.25. The SMILES string of the molecule is O=c1cc([O-])nc([O-])[nH]1. The highest BCUT2D eigenvalue weighted by atomic mass is 16.3. The molecule has 0 radical (unpaired) electrons. The third-order valence-electron chi connectivity index (χ3n) is 0.696. The molecule has 0 aliphatic rings. The Bertz CT molecular complexity index is 244. The molecule has 1 rings (SSSR count). The molecule has 0 aliphatic heterocycles. The van der Waals surface area contributed by atoms with Crippen LogP contribution in [0.3, 0.4) is 0 Å². The predicted octanol–water partition coefficient (Wildman–Crippen LogP) is -2.08. The minimum Gasteiger partial charge on any atom is -0.858 e. The van der Waals surface area contributed by atoms with Crippen molar-refractivity contribution in [3.05, 3.63) is 16.4 Å². The summed E-state index contributed by atoms with van der Waals surface area (Å²) in [5.74, 6) is -0.802. The van der Waals surface area contributed by atoms with E-state index in [0.29, 0.717) is 6.07 Å². The van der Waals surface area contributed by atoms with Gasteiger partial charge in [-0.1, -0.05) is 0 Å². The van der Waals surface area contributed by atoms with Gasteiger partial charge in [0.1, 0.15) is 0 Å². The fourth-order valence-electron chi connectivity index (χ4n) is 0.414. The van der Waals surface area contributed by atoms with E-state index in [0.717, 1.165) is 0 Å². The van der Waals surface area contributed by atoms with Crippen molar-refractivity contribution in [3.8, 4) is 11.9 Å². The van der Waals surface area contributed by atoms with Crippen molar-refractivity contribution in [1.29, 1.82) is 0 Å². The van der Waals surface area contributed by atoms with Gasteiger partial charge in [-0.3, -0.25) is 9.78 Å². The lowest BCUT2D eigenvalue weighted by atomic mass is 10.6. The monoisotopic (exact) mass is 126 g/mol. The number of H-pyrrole nitrogens is 1. The molecule has 9 heavy (non-hydrogen) atoms. The van der Waals surface area contributed by atoms with Crippen molar-refractivity contribution in [1.82, 2.24) is 9.97 Å². The van der Waals surface area contributed by atoms with Crippen molar-refractivity contribution in [2.45, 2.75) is 0 Å². The van der Waals surface area contributed by atoms with Crippen LogP contribution in [-0.4, -0.2) is 9.97 Å². The third kappa shape index (κ3) is 1.18. The van der Waals surface area contributed by atoms with E-state index in [9.17, 15) is 15.0 Å². The summed E-state index contributed by atoms with van der Waals surface area (Å²) < 4.78 is 0. The molecule has 1 aromatic rings. The molecule has 0 saturated carbocycles. The summed E-state index contributed by atoms with van der Waals surface area (Å²) in [5.41, 5.74) is -0.708. The molecule has 0 saturated heterocycles. The Morgan fingerprint density at radius 2 is 2.22 bits per heavy atom. The van der Waals surface area contributed by atoms with Crippen LogP contribution in [0.5, 0.6) is 11.9 Å². The Hall–Kier alpha value is -1.52. The number of rotatable bonds is 0. The average Bonchev–Trinajstić information content (AvgIpc) is 1.59. The van der Waals surface area contributed by atoms with Gasteiger partial charge < -0.3 is 15.2 Å². The molecule has 1 heterocycles. The first kappa shape index (κ1) is 5.61. The summed E-state index contributed by atoms with van der Waals surface area (Å²) in [7, 11) is 0. The van der Waals surface area contributed by atoms with Gasteiger partial charge in [-0.25, -0.2) is 0 Å². The Kier molecular flexibility index (Phi) is 1.11. The van der Waals surface area contributed by atoms with Crippen molar-refractivity contribution < 1.29 is 10.2 Å². The third-order valence-corrected chi connectivity index (χ3v) is 0.696. The van der Waals surface area contributed by atoms with Crippen LogP contribution in [0.25, 0.3) is 0 Å². The summed E-state index contributed by atoms with van der Waals surface area (Å²) in [5, 5.41) is 20.3. The van der Waals surface area contributed by atoms with Gasteiger partial charge in [-0.15, -0.1) is 0 Å². The Balaban J connectivity index is 3.33. The van der Waals surface area contributed by atoms with Crippen LogP contribution < -0.4 is 15.8 Å². The van der Waals surface area contributed by atoms with E-state index in [1.807, 2.05) is 0 Å². The number of nitrogens with zero attached hydrogens (tertiary/aromatic N) is 1. The minimum atomic E-state index is -0.896. The standard InChI is InChI=1S/C4H4N2O3/c7-2-1-3(8)6-4(9)5-2/h1H,(H3,5,6,7,8,9)/p-2. The molecule has 48 valence electrons. The fourth-order valence-corrected chi connectivity index (χ4v) is 0.414. The van der Waals surface area contributed by atoms with Crippen LogP contribution in [0.1, 0.15) is 0 Å². The largest absolute Gasteiger partial charge is 0.858 e. The molecule has 0 bridgehead atoms. The van der Waals surface area contributed by atoms with E-state index in [-0.39, 0.29) is 0 Å². The Labute approximate surface area is 49.6 Å². The molecular weight excluding hydrogens is 124 g/mol. The molecule has 0 spiro atoms. The summed E-state index contributed by atoms with van der Waals surface area (Å²) in [6.45, 7) is 0. The molecule has 5 heteroatoms. The lowest BCUT2D eigenvalue weighted by Crippen LogP contribution is -2.12. The molecular formula is C4H2N2O3-2. The van der Waals surface area contributed by atoms with Gasteiger partial charge in [0.15, 0.2) is 0 Å². The van der Waals surface area contributed by atoms with Crippen LogP contribution in [0, 0.1) is 0 Å². The van der Waals surface area contributed by atoms with Gasteiger partial charge in [0, 0.05) is 6.07 Å². The number of aromatic amines is 1. The second kappa shape index (κ2) is 1.77. The van der Waals surface area contributed by atoms with Crippen LogP contribution in [0.15, 0.2) is 10.9 Å². The van der Waals surface area contributed by atoms with Gasteiger partial charge in [0.05, 0.1) is 6.01 Å². The van der Waals surface area contributed by atoms with Crippen molar-refractivity contribution in [3.63, 3.8) is 0 Å². The zero-order chi connectivity index (χ0) is 6.85. The lowest BCUT2D eigenvalue weighted by Gasteiger charge is -2.07. The van der Waals surface area contributed by atoms with Gasteiger partial charge in [0.25, 0.3) is 0 Å². The topological polar surface area (TPSA) is 91.9 Å². The highest BCUT2D eigenvalue weighted by molar-refractivity contribution is 5.05. The lowest BCUT2D eigenvalue weighted by molar-refractivity contribution is -0.297. The van der Waals surface area contributed by atoms with Crippen LogP contribution in [-0.2, 0) is 0 Å². The van der Waals surface area contributed by atoms with Crippen LogP contribution in [0.2, 0.25) is 0 Å². The van der Waals surface area contributed by atoms with Gasteiger partial charge >= 0.3 is 0 Å². The van der Waals surface area contributed by atoms with E-state index in [4.69, 9.17) is 0 Å². The second-order valence-electron chi connectivity index (χ2n) is 1.39. The summed E-state index contributed by atoms with van der Waals surface area (Å²) in [6.07, 6.45) is 0. The van der Waals surface area contributed by atoms with E-state index in [1.165, 1.54) is 0 Å². The molecule has 1 aromatic heterocycles. The van der Waals surface area contributed by atoms with Crippen molar-refractivity contribution in [2.24, 2.45) is 0 Å². The highest BCUT2D eigenvalue weighted by Crippen LogP contribution is 1.93. The van der Waals surface area contributed by atoms with Crippen molar-refractivity contribution >= 4 is 0 Å². The molecule has 0 amide bonds. The molecule has 5 nitrogen and oxygen atoms in total. The van der Waals surface area contributed by atoms with Crippen LogP contribution in [0.4, 0.5) is 0 Å². The quantitative estimate of drug-likeness (QED) is 0.431. The summed E-state index contributed by atoms with van der Waals surface area (Å²) >= 11 is 0. The van der Waals surface area contributed by atoms with Gasteiger partial charge in [0.2, 0.25) is 5.56 Å². The van der Waals surface area contributed by atoms with Gasteiger partial charge in [-0.2, -0.15) is 0 Å². The Morgan fingerprint density at radius 3 is 2.67 bits per heavy atom. The fraction of sp³-hybridized carbons (Fsp3) is 0. The Morgan fingerprint density at radius 1 is 1.56 bits per heavy atom.